The van der Waals surface area contributed by atoms with Gasteiger partial charge in [-0.3, -0.25) is 5.43 Å². The first-order valence-electron chi connectivity index (χ1n) is 3.34. The molecule has 0 bridgehead atoms. The maximum absolute atomic E-state index is 3.29. The van der Waals surface area contributed by atoms with E-state index in [0.717, 1.165) is 0 Å². The molecule has 0 unspecified atom stereocenters. The highest BCUT2D eigenvalue weighted by Gasteiger charge is 1.94. The summed E-state index contributed by atoms with van der Waals surface area (Å²) >= 11 is 3.29. The molecule has 0 spiro atoms. The molecule has 1 heterocycles. The van der Waals surface area contributed by atoms with E-state index in [9.17, 15) is 0 Å². The number of nitrogens with zero attached hydrogens (tertiary/aromatic N) is 1. The van der Waals surface area contributed by atoms with E-state index in [0.29, 0.717) is 0 Å². The summed E-state index contributed by atoms with van der Waals surface area (Å²) in [6, 6.07) is 8.18. The lowest BCUT2D eigenvalue weighted by atomic mass is 10.2. The first-order chi connectivity index (χ1) is 5.36. The number of benzene rings is 1. The van der Waals surface area contributed by atoms with Crippen LogP contribution in [0.25, 0.3) is 12.4 Å². The van der Waals surface area contributed by atoms with Gasteiger partial charge in [0.1, 0.15) is 0 Å². The Morgan fingerprint density at radius 1 is 1.18 bits per heavy atom. The molecule has 0 radical (unpaired) electrons. The molecule has 1 N–H and O–H groups in total. The van der Waals surface area contributed by atoms with Gasteiger partial charge in [-0.1, -0.05) is 24.3 Å². The number of halogens is 1. The van der Waals surface area contributed by atoms with Crippen LogP contribution >= 0.6 is 16.1 Å². The maximum Gasteiger partial charge on any atom is 0.0723 e. The third-order valence-corrected chi connectivity index (χ3v) is 2.00. The van der Waals surface area contributed by atoms with Gasteiger partial charge in [0.15, 0.2) is 0 Å². The van der Waals surface area contributed by atoms with Crippen LogP contribution in [0.3, 0.4) is 0 Å². The Morgan fingerprint density at radius 3 is 2.73 bits per heavy atom. The Hall–Kier alpha value is -0.960. The van der Waals surface area contributed by atoms with Crippen molar-refractivity contribution in [3.63, 3.8) is 0 Å². The molecule has 56 valence electrons. The first kappa shape index (κ1) is 6.73. The second kappa shape index (κ2) is 2.58. The van der Waals surface area contributed by atoms with Gasteiger partial charge >= 0.3 is 0 Å². The first-order valence-corrected chi connectivity index (χ1v) is 4.05. The van der Waals surface area contributed by atoms with Crippen molar-refractivity contribution in [1.29, 1.82) is 0 Å². The molecule has 1 aliphatic heterocycles. The summed E-state index contributed by atoms with van der Waals surface area (Å²) in [6.45, 7) is 0. The Balaban J connectivity index is 2.73. The monoisotopic (exact) mass is 210 g/mol. The van der Waals surface area contributed by atoms with Crippen molar-refractivity contribution >= 4 is 28.5 Å². The number of hydrogen-bond donors (Lipinski definition) is 1. The van der Waals surface area contributed by atoms with Crippen LogP contribution < -0.4 is 15.9 Å². The second-order valence-electron chi connectivity index (χ2n) is 2.34. The van der Waals surface area contributed by atoms with Crippen molar-refractivity contribution in [3.8, 4) is 0 Å². The highest BCUT2D eigenvalue weighted by molar-refractivity contribution is 9.07. The minimum Gasteiger partial charge on any atom is -0.295 e. The normalized spacial score (nSPS) is 14.1. The molecule has 3 heteroatoms. The van der Waals surface area contributed by atoms with E-state index in [1.807, 2.05) is 24.5 Å². The largest absolute Gasteiger partial charge is 0.295 e. The van der Waals surface area contributed by atoms with Crippen molar-refractivity contribution in [1.82, 2.24) is 9.46 Å². The van der Waals surface area contributed by atoms with Gasteiger partial charge in [-0.2, -0.15) is 0 Å². The quantitative estimate of drug-likeness (QED) is 0.620. The van der Waals surface area contributed by atoms with Gasteiger partial charge < -0.3 is 0 Å². The highest BCUT2D eigenvalue weighted by Crippen LogP contribution is 1.93. The molecule has 1 aromatic carbocycles. The average Bonchev–Trinajstić information content (AvgIpc) is 2.04. The number of hydrazine groups is 1. The van der Waals surface area contributed by atoms with Gasteiger partial charge in [-0.05, 0) is 0 Å². The van der Waals surface area contributed by atoms with Gasteiger partial charge in [-0.25, -0.2) is 4.03 Å². The fourth-order valence-corrected chi connectivity index (χ4v) is 1.37. The number of fused-ring (bicyclic) bond motifs is 1. The number of rotatable bonds is 0. The molecule has 0 saturated carbocycles. The standard InChI is InChI=1S/C8H7BrN2/c9-11-6-8-4-2-1-3-7(8)5-10-11/h1-6,10H. The van der Waals surface area contributed by atoms with Crippen LogP contribution in [0.5, 0.6) is 0 Å². The zero-order chi connectivity index (χ0) is 7.68. The predicted molar refractivity (Wildman–Crippen MR) is 48.5 cm³/mol. The van der Waals surface area contributed by atoms with Gasteiger partial charge in [-0.15, -0.1) is 0 Å². The van der Waals surface area contributed by atoms with Crippen molar-refractivity contribution in [3.05, 3.63) is 34.7 Å². The van der Waals surface area contributed by atoms with Crippen molar-refractivity contribution < 1.29 is 0 Å². The molecule has 0 fully saturated rings. The molecule has 11 heavy (non-hydrogen) atoms. The summed E-state index contributed by atoms with van der Waals surface area (Å²) in [5.74, 6) is 0. The Kier molecular flexibility index (Phi) is 1.58. The summed E-state index contributed by atoms with van der Waals surface area (Å²) in [4.78, 5) is 0. The fourth-order valence-electron chi connectivity index (χ4n) is 1.05. The van der Waals surface area contributed by atoms with Crippen LogP contribution in [-0.4, -0.2) is 4.03 Å². The van der Waals surface area contributed by atoms with Gasteiger partial charge in [0.2, 0.25) is 0 Å². The SMILES string of the molecule is BrN1C=c2ccccc2=CN1. The van der Waals surface area contributed by atoms with Crippen LogP contribution in [0.15, 0.2) is 24.3 Å². The topological polar surface area (TPSA) is 15.3 Å². The molecule has 1 aliphatic rings. The number of hydrogen-bond acceptors (Lipinski definition) is 2. The van der Waals surface area contributed by atoms with Crippen LogP contribution in [0.2, 0.25) is 0 Å². The van der Waals surface area contributed by atoms with Gasteiger partial charge in [0, 0.05) is 22.8 Å². The summed E-state index contributed by atoms with van der Waals surface area (Å²) < 4.78 is 1.75. The molecular formula is C8H7BrN2. The van der Waals surface area contributed by atoms with Crippen LogP contribution in [0.4, 0.5) is 0 Å². The summed E-state index contributed by atoms with van der Waals surface area (Å²) in [5.41, 5.74) is 3.01. The maximum atomic E-state index is 3.29. The highest BCUT2D eigenvalue weighted by atomic mass is 79.9. The zero-order valence-electron chi connectivity index (χ0n) is 5.79. The molecule has 0 aromatic heterocycles. The smallest absolute Gasteiger partial charge is 0.0723 e. The lowest BCUT2D eigenvalue weighted by Crippen LogP contribution is -2.37. The minimum atomic E-state index is 1.21. The molecule has 2 nitrogen and oxygen atoms in total. The lowest BCUT2D eigenvalue weighted by Gasteiger charge is -2.13. The average molecular weight is 211 g/mol. The Bertz CT molecular complexity index is 372. The molecule has 0 amide bonds. The molecular weight excluding hydrogens is 204 g/mol. The number of nitrogens with one attached hydrogen (secondary N) is 1. The zero-order valence-corrected chi connectivity index (χ0v) is 7.38. The molecule has 0 saturated heterocycles. The van der Waals surface area contributed by atoms with Crippen molar-refractivity contribution in [2.75, 3.05) is 0 Å². The van der Waals surface area contributed by atoms with Crippen LogP contribution in [-0.2, 0) is 0 Å². The summed E-state index contributed by atoms with van der Waals surface area (Å²) in [6.07, 6.45) is 3.93. The summed E-state index contributed by atoms with van der Waals surface area (Å²) in [7, 11) is 0. The second-order valence-corrected chi connectivity index (χ2v) is 3.11. The predicted octanol–water partition coefficient (Wildman–Crippen LogP) is 0.293. The molecule has 0 aliphatic carbocycles. The van der Waals surface area contributed by atoms with E-state index < -0.39 is 0 Å². The van der Waals surface area contributed by atoms with Crippen LogP contribution in [0.1, 0.15) is 0 Å². The lowest BCUT2D eigenvalue weighted by molar-refractivity contribution is 0.621. The molecule has 2 rings (SSSR count). The van der Waals surface area contributed by atoms with E-state index in [1.165, 1.54) is 10.4 Å². The van der Waals surface area contributed by atoms with Gasteiger partial charge in [0.05, 0.1) is 16.1 Å². The van der Waals surface area contributed by atoms with Crippen LogP contribution in [0, 0.1) is 0 Å². The molecule has 0 atom stereocenters. The van der Waals surface area contributed by atoms with E-state index in [1.54, 1.807) is 4.03 Å². The Morgan fingerprint density at radius 2 is 1.91 bits per heavy atom. The third-order valence-electron chi connectivity index (χ3n) is 1.59. The van der Waals surface area contributed by atoms with E-state index in [-0.39, 0.29) is 0 Å². The van der Waals surface area contributed by atoms with Crippen molar-refractivity contribution in [2.24, 2.45) is 0 Å². The summed E-state index contributed by atoms with van der Waals surface area (Å²) in [5, 5.41) is 2.42. The minimum absolute atomic E-state index is 1.21. The van der Waals surface area contributed by atoms with E-state index >= 15 is 0 Å². The molecule has 1 aromatic rings. The Labute approximate surface area is 73.1 Å². The third kappa shape index (κ3) is 1.24. The fraction of sp³-hybridized carbons (Fsp3) is 0. The van der Waals surface area contributed by atoms with E-state index in [2.05, 4.69) is 33.7 Å². The van der Waals surface area contributed by atoms with E-state index in [4.69, 9.17) is 0 Å². The van der Waals surface area contributed by atoms with Gasteiger partial charge in [0.25, 0.3) is 0 Å². The van der Waals surface area contributed by atoms with Crippen molar-refractivity contribution in [2.45, 2.75) is 0 Å².